The first kappa shape index (κ1) is 8.87. The topological polar surface area (TPSA) is 43.6 Å². The van der Waals surface area contributed by atoms with Gasteiger partial charge >= 0.3 is 0 Å². The molecule has 14 heavy (non-hydrogen) atoms. The molecule has 0 aliphatic rings. The van der Waals surface area contributed by atoms with Gasteiger partial charge in [-0.2, -0.15) is 5.10 Å². The van der Waals surface area contributed by atoms with Crippen molar-refractivity contribution in [3.05, 3.63) is 36.4 Å². The van der Waals surface area contributed by atoms with Gasteiger partial charge in [0, 0.05) is 24.8 Å². The van der Waals surface area contributed by atoms with Crippen LogP contribution < -0.4 is 0 Å². The maximum absolute atomic E-state index is 4.23. The van der Waals surface area contributed by atoms with Crippen LogP contribution in [0.15, 0.2) is 30.9 Å². The molecule has 0 aromatic carbocycles. The summed E-state index contributed by atoms with van der Waals surface area (Å²) in [5.74, 6) is 1.07. The van der Waals surface area contributed by atoms with Crippen LogP contribution in [0, 0.1) is 0 Å². The third-order valence-corrected chi connectivity index (χ3v) is 2.03. The first-order chi connectivity index (χ1) is 6.77. The van der Waals surface area contributed by atoms with E-state index in [0.717, 1.165) is 5.56 Å². The van der Waals surface area contributed by atoms with Gasteiger partial charge in [0.1, 0.15) is 0 Å². The van der Waals surface area contributed by atoms with E-state index in [1.54, 1.807) is 10.9 Å². The largest absolute Gasteiger partial charge is 0.250 e. The van der Waals surface area contributed by atoms with Crippen molar-refractivity contribution in [2.24, 2.45) is 0 Å². The van der Waals surface area contributed by atoms with Crippen LogP contribution in [0.3, 0.4) is 0 Å². The molecule has 0 aliphatic heterocycles. The van der Waals surface area contributed by atoms with Gasteiger partial charge in [0.05, 0.1) is 0 Å². The van der Waals surface area contributed by atoms with E-state index in [-0.39, 0.29) is 0 Å². The molecular weight excluding hydrogens is 176 g/mol. The molecule has 0 amide bonds. The van der Waals surface area contributed by atoms with Crippen molar-refractivity contribution < 1.29 is 0 Å². The maximum atomic E-state index is 4.23. The van der Waals surface area contributed by atoms with E-state index in [9.17, 15) is 0 Å². The smallest absolute Gasteiger partial charge is 0.219 e. The van der Waals surface area contributed by atoms with Crippen LogP contribution in [0.2, 0.25) is 0 Å². The molecule has 0 fully saturated rings. The highest BCUT2D eigenvalue weighted by Crippen LogP contribution is 2.11. The molecule has 0 saturated carbocycles. The fourth-order valence-corrected chi connectivity index (χ4v) is 1.13. The SMILES string of the molecule is CC(C)c1cnc(-n2cccn2)nc1. The van der Waals surface area contributed by atoms with Crippen LogP contribution >= 0.6 is 0 Å². The number of hydrogen-bond acceptors (Lipinski definition) is 3. The molecule has 72 valence electrons. The summed E-state index contributed by atoms with van der Waals surface area (Å²) in [6.07, 6.45) is 7.22. The van der Waals surface area contributed by atoms with E-state index in [4.69, 9.17) is 0 Å². The Labute approximate surface area is 82.6 Å². The summed E-state index contributed by atoms with van der Waals surface area (Å²) < 4.78 is 1.64. The Balaban J connectivity index is 2.31. The predicted molar refractivity (Wildman–Crippen MR) is 53.2 cm³/mol. The first-order valence-electron chi connectivity index (χ1n) is 4.59. The summed E-state index contributed by atoms with van der Waals surface area (Å²) in [7, 11) is 0. The summed E-state index contributed by atoms with van der Waals surface area (Å²) in [5.41, 5.74) is 1.14. The van der Waals surface area contributed by atoms with Gasteiger partial charge in [-0.05, 0) is 17.5 Å². The predicted octanol–water partition coefficient (Wildman–Crippen LogP) is 1.79. The highest BCUT2D eigenvalue weighted by molar-refractivity contribution is 5.15. The zero-order valence-electron chi connectivity index (χ0n) is 8.25. The van der Waals surface area contributed by atoms with Crippen molar-refractivity contribution in [3.8, 4) is 5.95 Å². The molecule has 0 atom stereocenters. The van der Waals surface area contributed by atoms with Gasteiger partial charge in [-0.15, -0.1) is 0 Å². The fraction of sp³-hybridized carbons (Fsp3) is 0.300. The van der Waals surface area contributed by atoms with Crippen molar-refractivity contribution in [1.82, 2.24) is 19.7 Å². The fourth-order valence-electron chi connectivity index (χ4n) is 1.13. The second-order valence-corrected chi connectivity index (χ2v) is 3.42. The lowest BCUT2D eigenvalue weighted by Gasteiger charge is -2.04. The van der Waals surface area contributed by atoms with Crippen LogP contribution in [0.4, 0.5) is 0 Å². The molecule has 2 aromatic rings. The van der Waals surface area contributed by atoms with Crippen LogP contribution in [-0.4, -0.2) is 19.7 Å². The number of rotatable bonds is 2. The normalized spacial score (nSPS) is 10.8. The van der Waals surface area contributed by atoms with Gasteiger partial charge in [0.15, 0.2) is 0 Å². The zero-order valence-corrected chi connectivity index (χ0v) is 8.25. The third-order valence-electron chi connectivity index (χ3n) is 2.03. The van der Waals surface area contributed by atoms with Crippen LogP contribution in [-0.2, 0) is 0 Å². The summed E-state index contributed by atoms with van der Waals surface area (Å²) in [4.78, 5) is 8.46. The summed E-state index contributed by atoms with van der Waals surface area (Å²) in [6, 6.07) is 1.85. The van der Waals surface area contributed by atoms with Gasteiger partial charge < -0.3 is 0 Å². The quantitative estimate of drug-likeness (QED) is 0.721. The van der Waals surface area contributed by atoms with Gasteiger partial charge in [0.25, 0.3) is 0 Å². The lowest BCUT2D eigenvalue weighted by Crippen LogP contribution is -2.02. The lowest BCUT2D eigenvalue weighted by atomic mass is 10.1. The molecule has 2 heterocycles. The minimum absolute atomic E-state index is 0.460. The number of hydrogen-bond donors (Lipinski definition) is 0. The summed E-state index contributed by atoms with van der Waals surface area (Å²) in [5, 5.41) is 4.05. The maximum Gasteiger partial charge on any atom is 0.250 e. The van der Waals surface area contributed by atoms with Crippen molar-refractivity contribution in [3.63, 3.8) is 0 Å². The van der Waals surface area contributed by atoms with Crippen LogP contribution in [0.1, 0.15) is 25.3 Å². The lowest BCUT2D eigenvalue weighted by molar-refractivity contribution is 0.783. The van der Waals surface area contributed by atoms with E-state index in [1.807, 2.05) is 24.7 Å². The Bertz CT molecular complexity index is 389. The highest BCUT2D eigenvalue weighted by atomic mass is 15.3. The molecule has 0 N–H and O–H groups in total. The molecule has 0 unspecified atom stereocenters. The summed E-state index contributed by atoms with van der Waals surface area (Å²) in [6.45, 7) is 4.23. The van der Waals surface area contributed by atoms with E-state index in [1.165, 1.54) is 0 Å². The number of aromatic nitrogens is 4. The van der Waals surface area contributed by atoms with Crippen molar-refractivity contribution >= 4 is 0 Å². The minimum Gasteiger partial charge on any atom is -0.219 e. The van der Waals surface area contributed by atoms with E-state index < -0.39 is 0 Å². The van der Waals surface area contributed by atoms with Gasteiger partial charge in [0.2, 0.25) is 5.95 Å². The average molecular weight is 188 g/mol. The van der Waals surface area contributed by atoms with Crippen molar-refractivity contribution in [2.75, 3.05) is 0 Å². The average Bonchev–Trinajstić information content (AvgIpc) is 2.71. The van der Waals surface area contributed by atoms with E-state index >= 15 is 0 Å². The molecule has 0 saturated heterocycles. The monoisotopic (exact) mass is 188 g/mol. The first-order valence-corrected chi connectivity index (χ1v) is 4.59. The molecular formula is C10H12N4. The molecule has 0 bridgehead atoms. The molecule has 0 spiro atoms. The number of nitrogens with zero attached hydrogens (tertiary/aromatic N) is 4. The Hall–Kier alpha value is -1.71. The molecule has 4 heteroatoms. The molecule has 4 nitrogen and oxygen atoms in total. The highest BCUT2D eigenvalue weighted by Gasteiger charge is 2.02. The van der Waals surface area contributed by atoms with Crippen molar-refractivity contribution in [2.45, 2.75) is 19.8 Å². The van der Waals surface area contributed by atoms with Crippen LogP contribution in [0.5, 0.6) is 0 Å². The Kier molecular flexibility index (Phi) is 2.26. The minimum atomic E-state index is 0.460. The third kappa shape index (κ3) is 1.64. The standard InChI is InChI=1S/C10H12N4/c1-8(2)9-6-11-10(12-7-9)14-5-3-4-13-14/h3-8H,1-2H3. The van der Waals surface area contributed by atoms with Gasteiger partial charge in [-0.3, -0.25) is 0 Å². The molecule has 0 radical (unpaired) electrons. The Morgan fingerprint density at radius 1 is 1.21 bits per heavy atom. The zero-order chi connectivity index (χ0) is 9.97. The second kappa shape index (κ2) is 3.57. The molecule has 2 rings (SSSR count). The van der Waals surface area contributed by atoms with Gasteiger partial charge in [-0.1, -0.05) is 13.8 Å². The van der Waals surface area contributed by atoms with E-state index in [2.05, 4.69) is 28.9 Å². The van der Waals surface area contributed by atoms with Crippen molar-refractivity contribution in [1.29, 1.82) is 0 Å². The Morgan fingerprint density at radius 2 is 1.93 bits per heavy atom. The second-order valence-electron chi connectivity index (χ2n) is 3.42. The summed E-state index contributed by atoms with van der Waals surface area (Å²) >= 11 is 0. The Morgan fingerprint density at radius 3 is 2.43 bits per heavy atom. The van der Waals surface area contributed by atoms with Gasteiger partial charge in [-0.25, -0.2) is 14.6 Å². The van der Waals surface area contributed by atoms with E-state index in [0.29, 0.717) is 11.9 Å². The molecule has 2 aromatic heterocycles. The molecule has 0 aliphatic carbocycles. The van der Waals surface area contributed by atoms with Crippen LogP contribution in [0.25, 0.3) is 5.95 Å².